The van der Waals surface area contributed by atoms with Gasteiger partial charge in [0.05, 0.1) is 6.54 Å². The summed E-state index contributed by atoms with van der Waals surface area (Å²) < 4.78 is 28.4. The first-order valence-electron chi connectivity index (χ1n) is 7.51. The molecule has 0 fully saturated rings. The first-order chi connectivity index (χ1) is 11.4. The maximum Gasteiger partial charge on any atom is 0.387 e. The normalized spacial score (nSPS) is 10.9. The second-order valence-corrected chi connectivity index (χ2v) is 5.61. The van der Waals surface area contributed by atoms with E-state index in [-0.39, 0.29) is 18.2 Å². The highest BCUT2D eigenvalue weighted by Crippen LogP contribution is 2.17. The van der Waals surface area contributed by atoms with Gasteiger partial charge in [0.2, 0.25) is 5.91 Å². The molecule has 0 unspecified atom stereocenters. The Morgan fingerprint density at radius 3 is 2.33 bits per heavy atom. The molecule has 0 aliphatic carbocycles. The van der Waals surface area contributed by atoms with Crippen molar-refractivity contribution in [1.29, 1.82) is 0 Å². The molecule has 128 valence electrons. The Labute approximate surface area is 140 Å². The molecule has 0 aliphatic heterocycles. The predicted molar refractivity (Wildman–Crippen MR) is 89.2 cm³/mol. The quantitative estimate of drug-likeness (QED) is 0.840. The van der Waals surface area contributed by atoms with Gasteiger partial charge in [-0.05, 0) is 43.8 Å². The number of anilines is 1. The van der Waals surface area contributed by atoms with Crippen molar-refractivity contribution in [3.05, 3.63) is 59.7 Å². The van der Waals surface area contributed by atoms with E-state index >= 15 is 0 Å². The molecule has 0 bridgehead atoms. The van der Waals surface area contributed by atoms with Crippen LogP contribution in [0.4, 0.5) is 14.5 Å². The first-order valence-corrected chi connectivity index (χ1v) is 7.51. The number of ether oxygens (including phenoxy) is 1. The fourth-order valence-corrected chi connectivity index (χ4v) is 2.23. The number of nitrogens with zero attached hydrogens (tertiary/aromatic N) is 1. The molecule has 0 aliphatic rings. The Morgan fingerprint density at radius 2 is 1.75 bits per heavy atom. The number of carbonyl (C=O) groups is 1. The molecule has 0 saturated heterocycles. The van der Waals surface area contributed by atoms with Gasteiger partial charge in [0.25, 0.3) is 0 Å². The van der Waals surface area contributed by atoms with Gasteiger partial charge in [-0.15, -0.1) is 0 Å². The van der Waals surface area contributed by atoms with Crippen LogP contribution in [0, 0.1) is 6.92 Å². The molecular weight excluding hydrogens is 314 g/mol. The van der Waals surface area contributed by atoms with E-state index in [9.17, 15) is 13.6 Å². The van der Waals surface area contributed by atoms with Crippen LogP contribution >= 0.6 is 0 Å². The molecule has 2 aromatic rings. The fourth-order valence-electron chi connectivity index (χ4n) is 2.23. The lowest BCUT2D eigenvalue weighted by Gasteiger charge is -2.16. The minimum absolute atomic E-state index is 0.0551. The molecule has 1 N–H and O–H groups in total. The largest absolute Gasteiger partial charge is 0.435 e. The highest BCUT2D eigenvalue weighted by Gasteiger charge is 2.09. The third kappa shape index (κ3) is 5.96. The van der Waals surface area contributed by atoms with Gasteiger partial charge < -0.3 is 10.1 Å². The maximum atomic E-state index is 12.1. The first kappa shape index (κ1) is 17.9. The molecule has 0 radical (unpaired) electrons. The fraction of sp³-hybridized carbons (Fsp3) is 0.278. The van der Waals surface area contributed by atoms with Crippen molar-refractivity contribution in [2.75, 3.05) is 18.9 Å². The van der Waals surface area contributed by atoms with E-state index in [0.29, 0.717) is 12.2 Å². The van der Waals surface area contributed by atoms with Crippen LogP contribution in [-0.2, 0) is 11.3 Å². The molecule has 0 aromatic heterocycles. The van der Waals surface area contributed by atoms with E-state index in [1.54, 1.807) is 0 Å². The van der Waals surface area contributed by atoms with Crippen molar-refractivity contribution in [2.45, 2.75) is 20.1 Å². The van der Waals surface area contributed by atoms with Gasteiger partial charge in [0.1, 0.15) is 5.75 Å². The number of amides is 1. The van der Waals surface area contributed by atoms with Crippen molar-refractivity contribution in [3.63, 3.8) is 0 Å². The summed E-state index contributed by atoms with van der Waals surface area (Å²) in [4.78, 5) is 13.9. The van der Waals surface area contributed by atoms with Gasteiger partial charge in [-0.1, -0.05) is 29.8 Å². The smallest absolute Gasteiger partial charge is 0.387 e. The predicted octanol–water partition coefficient (Wildman–Crippen LogP) is 3.67. The Hall–Kier alpha value is -2.47. The van der Waals surface area contributed by atoms with Gasteiger partial charge in [-0.25, -0.2) is 0 Å². The third-order valence-corrected chi connectivity index (χ3v) is 3.35. The molecule has 0 heterocycles. The average Bonchev–Trinajstić information content (AvgIpc) is 2.51. The molecule has 0 spiro atoms. The molecular formula is C18H20F2N2O2. The summed E-state index contributed by atoms with van der Waals surface area (Å²) in [5.41, 5.74) is 2.85. The number of likely N-dealkylation sites (N-methyl/N-ethyl adjacent to an activating group) is 1. The van der Waals surface area contributed by atoms with Crippen molar-refractivity contribution >= 4 is 11.6 Å². The van der Waals surface area contributed by atoms with Crippen molar-refractivity contribution in [3.8, 4) is 5.75 Å². The van der Waals surface area contributed by atoms with Crippen LogP contribution in [-0.4, -0.2) is 31.0 Å². The average molecular weight is 334 g/mol. The standard InChI is InChI=1S/C18H20F2N2O2/c1-13-3-5-14(6-4-13)11-22(2)12-17(23)21-15-7-9-16(10-8-15)24-18(19)20/h3-10,18H,11-12H2,1-2H3,(H,21,23). The van der Waals surface area contributed by atoms with Gasteiger partial charge in [0.15, 0.2) is 0 Å². The van der Waals surface area contributed by atoms with E-state index in [1.165, 1.54) is 29.8 Å². The summed E-state index contributed by atoms with van der Waals surface area (Å²) in [6.45, 7) is 0.0530. The Kier molecular flexibility index (Phi) is 6.26. The number of benzene rings is 2. The van der Waals surface area contributed by atoms with Crippen LogP contribution in [0.25, 0.3) is 0 Å². The van der Waals surface area contributed by atoms with Gasteiger partial charge in [0, 0.05) is 12.2 Å². The van der Waals surface area contributed by atoms with Crippen LogP contribution in [0.2, 0.25) is 0 Å². The monoisotopic (exact) mass is 334 g/mol. The zero-order chi connectivity index (χ0) is 17.5. The highest BCUT2D eigenvalue weighted by atomic mass is 19.3. The number of rotatable bonds is 7. The number of nitrogens with one attached hydrogen (secondary N) is 1. The lowest BCUT2D eigenvalue weighted by Crippen LogP contribution is -2.29. The van der Waals surface area contributed by atoms with Crippen molar-refractivity contribution < 1.29 is 18.3 Å². The minimum Gasteiger partial charge on any atom is -0.435 e. The number of aryl methyl sites for hydroxylation is 1. The van der Waals surface area contributed by atoms with E-state index in [4.69, 9.17) is 0 Å². The zero-order valence-electron chi connectivity index (χ0n) is 13.6. The maximum absolute atomic E-state index is 12.1. The lowest BCUT2D eigenvalue weighted by molar-refractivity contribution is -0.117. The summed E-state index contributed by atoms with van der Waals surface area (Å²) >= 11 is 0. The Morgan fingerprint density at radius 1 is 1.12 bits per heavy atom. The molecule has 1 amide bonds. The van der Waals surface area contributed by atoms with Crippen molar-refractivity contribution in [2.24, 2.45) is 0 Å². The van der Waals surface area contributed by atoms with E-state index in [1.807, 2.05) is 43.1 Å². The summed E-state index contributed by atoms with van der Waals surface area (Å²) in [7, 11) is 1.86. The summed E-state index contributed by atoms with van der Waals surface area (Å²) in [6, 6.07) is 14.0. The van der Waals surface area contributed by atoms with Gasteiger partial charge in [-0.3, -0.25) is 9.69 Å². The van der Waals surface area contributed by atoms with Crippen LogP contribution in [0.3, 0.4) is 0 Å². The van der Waals surface area contributed by atoms with Crippen molar-refractivity contribution in [1.82, 2.24) is 4.90 Å². The topological polar surface area (TPSA) is 41.6 Å². The number of carbonyl (C=O) groups excluding carboxylic acids is 1. The van der Waals surface area contributed by atoms with Crippen LogP contribution in [0.15, 0.2) is 48.5 Å². The number of hydrogen-bond donors (Lipinski definition) is 1. The molecule has 24 heavy (non-hydrogen) atoms. The number of halogens is 2. The van der Waals surface area contributed by atoms with Gasteiger partial charge in [-0.2, -0.15) is 8.78 Å². The van der Waals surface area contributed by atoms with E-state index < -0.39 is 6.61 Å². The number of hydrogen-bond acceptors (Lipinski definition) is 3. The molecule has 2 rings (SSSR count). The highest BCUT2D eigenvalue weighted by molar-refractivity contribution is 5.92. The number of alkyl halides is 2. The Balaban J connectivity index is 1.82. The van der Waals surface area contributed by atoms with Crippen LogP contribution in [0.1, 0.15) is 11.1 Å². The van der Waals surface area contributed by atoms with E-state index in [0.717, 1.165) is 5.56 Å². The minimum atomic E-state index is -2.86. The van der Waals surface area contributed by atoms with Crippen LogP contribution < -0.4 is 10.1 Å². The molecule has 0 saturated carbocycles. The zero-order valence-corrected chi connectivity index (χ0v) is 13.6. The SMILES string of the molecule is Cc1ccc(CN(C)CC(=O)Nc2ccc(OC(F)F)cc2)cc1. The summed E-state index contributed by atoms with van der Waals surface area (Å²) in [5, 5.41) is 2.72. The summed E-state index contributed by atoms with van der Waals surface area (Å²) in [5.74, 6) is -0.119. The molecule has 4 nitrogen and oxygen atoms in total. The molecule has 0 atom stereocenters. The second-order valence-electron chi connectivity index (χ2n) is 5.61. The van der Waals surface area contributed by atoms with E-state index in [2.05, 4.69) is 10.1 Å². The second kappa shape index (κ2) is 8.40. The third-order valence-electron chi connectivity index (χ3n) is 3.35. The van der Waals surface area contributed by atoms with Gasteiger partial charge >= 0.3 is 6.61 Å². The lowest BCUT2D eigenvalue weighted by atomic mass is 10.1. The van der Waals surface area contributed by atoms with Crippen LogP contribution in [0.5, 0.6) is 5.75 Å². The Bertz CT molecular complexity index is 658. The summed E-state index contributed by atoms with van der Waals surface area (Å²) in [6.07, 6.45) is 0. The molecule has 2 aromatic carbocycles. The molecule has 6 heteroatoms.